The molecule has 0 bridgehead atoms. The second kappa shape index (κ2) is 16.9. The first-order valence-corrected chi connectivity index (χ1v) is 19.2. The Labute approximate surface area is 290 Å². The number of rotatable bonds is 17. The summed E-state index contributed by atoms with van der Waals surface area (Å²) in [6, 6.07) is 0. The van der Waals surface area contributed by atoms with E-state index in [2.05, 4.69) is 49.6 Å². The first-order chi connectivity index (χ1) is 20.2. The molecule has 0 aromatic carbocycles. The van der Waals surface area contributed by atoms with E-state index in [0.29, 0.717) is 37.5 Å². The summed E-state index contributed by atoms with van der Waals surface area (Å²) in [5.74, 6) is 3.29. The minimum atomic E-state index is -0.00327. The Morgan fingerprint density at radius 1 is 0.953 bits per heavy atom. The fourth-order valence-electron chi connectivity index (χ4n) is 5.44. The molecule has 2 fully saturated rings. The van der Waals surface area contributed by atoms with Gasteiger partial charge in [-0.2, -0.15) is 0 Å². The molecule has 2 saturated heterocycles. The SMILES string of the molecule is CN(CCC(C)(C)CCC(=O)CCC(=O)CCC(C)(C)CCN1C(=S)C=C2SCCC2C1=S)C(=S)/C=C1/SCCC1C=S. The van der Waals surface area contributed by atoms with Gasteiger partial charge in [-0.05, 0) is 88.2 Å². The monoisotopic (exact) mass is 696 g/mol. The molecule has 10 heteroatoms. The second-order valence-electron chi connectivity index (χ2n) is 13.7. The zero-order valence-corrected chi connectivity index (χ0v) is 31.3. The van der Waals surface area contributed by atoms with E-state index in [-0.39, 0.29) is 22.4 Å². The largest absolute Gasteiger partial charge is 0.366 e. The molecule has 0 spiro atoms. The lowest BCUT2D eigenvalue weighted by molar-refractivity contribution is -0.124. The molecule has 3 aliphatic heterocycles. The number of thiocarbonyl (C=S) groups is 4. The maximum absolute atomic E-state index is 12.7. The van der Waals surface area contributed by atoms with E-state index in [1.54, 1.807) is 0 Å². The fraction of sp³-hybridized carbons (Fsp3) is 0.697. The Balaban J connectivity index is 1.32. The summed E-state index contributed by atoms with van der Waals surface area (Å²) in [6.07, 6.45) is 11.6. The van der Waals surface area contributed by atoms with E-state index < -0.39 is 0 Å². The molecule has 3 rings (SSSR count). The van der Waals surface area contributed by atoms with Crippen molar-refractivity contribution in [1.82, 2.24) is 9.80 Å². The summed E-state index contributed by atoms with van der Waals surface area (Å²) >= 11 is 26.0. The normalized spacial score (nSPS) is 21.7. The van der Waals surface area contributed by atoms with Crippen LogP contribution in [0.5, 0.6) is 0 Å². The van der Waals surface area contributed by atoms with Gasteiger partial charge in [0.2, 0.25) is 0 Å². The van der Waals surface area contributed by atoms with E-state index in [1.807, 2.05) is 35.9 Å². The molecular formula is C33H48N2O2S6. The average Bonchev–Trinajstić information content (AvgIpc) is 3.61. The van der Waals surface area contributed by atoms with E-state index in [1.165, 1.54) is 9.81 Å². The van der Waals surface area contributed by atoms with Crippen LogP contribution in [0, 0.1) is 22.7 Å². The van der Waals surface area contributed by atoms with Crippen LogP contribution in [-0.4, -0.2) is 73.3 Å². The molecule has 4 nitrogen and oxygen atoms in total. The lowest BCUT2D eigenvalue weighted by atomic mass is 9.82. The molecule has 3 aliphatic rings. The van der Waals surface area contributed by atoms with Gasteiger partial charge in [0.1, 0.15) is 21.5 Å². The van der Waals surface area contributed by atoms with Crippen LogP contribution in [0.25, 0.3) is 0 Å². The van der Waals surface area contributed by atoms with Crippen molar-refractivity contribution in [2.24, 2.45) is 22.7 Å². The summed E-state index contributed by atoms with van der Waals surface area (Å²) in [5, 5.41) is 1.86. The van der Waals surface area contributed by atoms with Crippen LogP contribution in [0.3, 0.4) is 0 Å². The highest BCUT2D eigenvalue weighted by molar-refractivity contribution is 8.03. The van der Waals surface area contributed by atoms with Crippen molar-refractivity contribution in [3.05, 3.63) is 22.0 Å². The molecule has 238 valence electrons. The Morgan fingerprint density at radius 2 is 1.56 bits per heavy atom. The highest BCUT2D eigenvalue weighted by atomic mass is 32.2. The van der Waals surface area contributed by atoms with E-state index in [4.69, 9.17) is 48.9 Å². The van der Waals surface area contributed by atoms with Crippen molar-refractivity contribution >= 4 is 104 Å². The fourth-order valence-corrected chi connectivity index (χ4v) is 9.48. The van der Waals surface area contributed by atoms with Crippen molar-refractivity contribution in [3.8, 4) is 0 Å². The Morgan fingerprint density at radius 3 is 2.19 bits per heavy atom. The third kappa shape index (κ3) is 11.7. The average molecular weight is 697 g/mol. The molecular weight excluding hydrogens is 649 g/mol. The van der Waals surface area contributed by atoms with E-state index in [0.717, 1.165) is 78.1 Å². The lowest BCUT2D eigenvalue weighted by Crippen LogP contribution is -2.42. The number of hydrogen-bond donors (Lipinski definition) is 0. The molecule has 0 radical (unpaired) electrons. The predicted molar refractivity (Wildman–Crippen MR) is 203 cm³/mol. The van der Waals surface area contributed by atoms with E-state index >= 15 is 0 Å². The van der Waals surface area contributed by atoms with Gasteiger partial charge in [-0.15, -0.1) is 23.5 Å². The number of thioether (sulfide) groups is 2. The molecule has 3 heterocycles. The number of Topliss-reactive ketones (excluding diaryl/α,β-unsaturated/α-hetero) is 2. The van der Waals surface area contributed by atoms with Crippen molar-refractivity contribution in [1.29, 1.82) is 0 Å². The molecule has 0 aliphatic carbocycles. The Kier molecular flexibility index (Phi) is 14.5. The number of hydrogen-bond acceptors (Lipinski definition) is 8. The number of nitrogens with zero attached hydrogens (tertiary/aromatic N) is 2. The molecule has 0 aromatic heterocycles. The molecule has 0 saturated carbocycles. The van der Waals surface area contributed by atoms with Crippen LogP contribution in [-0.2, 0) is 9.59 Å². The summed E-state index contributed by atoms with van der Waals surface area (Å²) < 4.78 is 0. The number of fused-ring (bicyclic) bond motifs is 1. The maximum atomic E-state index is 12.7. The first kappa shape index (κ1) is 36.9. The maximum Gasteiger partial charge on any atom is 0.133 e. The quantitative estimate of drug-likeness (QED) is 0.109. The zero-order chi connectivity index (χ0) is 31.8. The van der Waals surface area contributed by atoms with Gasteiger partial charge in [-0.3, -0.25) is 9.59 Å². The highest BCUT2D eigenvalue weighted by Crippen LogP contribution is 2.41. The summed E-state index contributed by atoms with van der Waals surface area (Å²) in [4.78, 5) is 34.9. The third-order valence-corrected chi connectivity index (χ3v) is 12.9. The number of carbonyl (C=O) groups is 2. The number of ketones is 2. The molecule has 0 aromatic rings. The van der Waals surface area contributed by atoms with Crippen LogP contribution in [0.15, 0.2) is 22.0 Å². The molecule has 43 heavy (non-hydrogen) atoms. The van der Waals surface area contributed by atoms with Crippen molar-refractivity contribution < 1.29 is 9.59 Å². The van der Waals surface area contributed by atoms with Gasteiger partial charge in [0.25, 0.3) is 0 Å². The predicted octanol–water partition coefficient (Wildman–Crippen LogP) is 8.80. The van der Waals surface area contributed by atoms with Gasteiger partial charge in [-0.25, -0.2) is 0 Å². The van der Waals surface area contributed by atoms with Crippen molar-refractivity contribution in [2.75, 3.05) is 31.6 Å². The minimum Gasteiger partial charge on any atom is -0.366 e. The minimum absolute atomic E-state index is 0.00327. The van der Waals surface area contributed by atoms with Gasteiger partial charge in [0.15, 0.2) is 0 Å². The topological polar surface area (TPSA) is 40.6 Å². The molecule has 2 unspecified atom stereocenters. The summed E-state index contributed by atoms with van der Waals surface area (Å²) in [7, 11) is 2.04. The van der Waals surface area contributed by atoms with Crippen molar-refractivity contribution in [3.63, 3.8) is 0 Å². The van der Waals surface area contributed by atoms with Crippen LogP contribution >= 0.6 is 72.4 Å². The summed E-state index contributed by atoms with van der Waals surface area (Å²) in [6.45, 7) is 10.5. The molecule has 2 atom stereocenters. The Bertz CT molecular complexity index is 1160. The van der Waals surface area contributed by atoms with Crippen molar-refractivity contribution in [2.45, 2.75) is 91.9 Å². The summed E-state index contributed by atoms with van der Waals surface area (Å²) in [5.41, 5.74) is 0.0173. The van der Waals surface area contributed by atoms with Gasteiger partial charge in [0, 0.05) is 57.7 Å². The highest BCUT2D eigenvalue weighted by Gasteiger charge is 2.35. The van der Waals surface area contributed by atoms with Gasteiger partial charge in [0.05, 0.1) is 4.99 Å². The number of allylic oxidation sites excluding steroid dienone is 1. The van der Waals surface area contributed by atoms with Gasteiger partial charge < -0.3 is 9.80 Å². The number of likely N-dealkylation sites (N-methyl/N-ethyl adjacent to an activating group) is 1. The van der Waals surface area contributed by atoms with E-state index in [9.17, 15) is 9.59 Å². The van der Waals surface area contributed by atoms with Crippen LogP contribution in [0.2, 0.25) is 0 Å². The number of carbonyl (C=O) groups excluding carboxylic acids is 2. The third-order valence-electron chi connectivity index (χ3n) is 8.96. The Hall–Kier alpha value is -0.520. The van der Waals surface area contributed by atoms with Crippen LogP contribution < -0.4 is 0 Å². The standard InChI is InChI=1S/C33H48N2O2S6/c1-32(2,14-16-34(5)29(39)20-27-23(22-38)10-18-42-27)12-8-24(36)6-7-25(37)9-13-33(3,4)15-17-35-30(40)21-28-26(31(35)41)11-19-43-28/h20-23,26H,6-19H2,1-5H3/b27-20+. The molecule has 0 amide bonds. The lowest BCUT2D eigenvalue weighted by Gasteiger charge is -2.35. The second-order valence-corrected chi connectivity index (χ2v) is 17.5. The van der Waals surface area contributed by atoms with Gasteiger partial charge >= 0.3 is 0 Å². The van der Waals surface area contributed by atoms with Crippen LogP contribution in [0.4, 0.5) is 0 Å². The smallest absolute Gasteiger partial charge is 0.133 e. The van der Waals surface area contributed by atoms with Crippen LogP contribution in [0.1, 0.15) is 91.9 Å². The zero-order valence-electron chi connectivity index (χ0n) is 26.4. The first-order valence-electron chi connectivity index (χ1n) is 15.5. The van der Waals surface area contributed by atoms with Gasteiger partial charge in [-0.1, -0.05) is 76.6 Å². The molecule has 0 N–H and O–H groups in total.